The summed E-state index contributed by atoms with van der Waals surface area (Å²) in [5.41, 5.74) is 2.38. The number of carbonyl (C=O) groups is 1. The molecule has 94 valence electrons. The number of amides is 1. The predicted molar refractivity (Wildman–Crippen MR) is 71.5 cm³/mol. The van der Waals surface area contributed by atoms with Gasteiger partial charge in [0.1, 0.15) is 5.70 Å². The third-order valence-corrected chi connectivity index (χ3v) is 3.47. The fourth-order valence-electron chi connectivity index (χ4n) is 2.13. The Balaban J connectivity index is 1.91. The summed E-state index contributed by atoms with van der Waals surface area (Å²) in [5.74, 6) is -0.0225. The van der Waals surface area contributed by atoms with Gasteiger partial charge < -0.3 is 5.32 Å². The number of hydrogen-bond donors (Lipinski definition) is 1. The quantitative estimate of drug-likeness (QED) is 0.637. The molecule has 1 aromatic heterocycles. The van der Waals surface area contributed by atoms with Crippen LogP contribution in [0.3, 0.4) is 0 Å². The van der Waals surface area contributed by atoms with Crippen molar-refractivity contribution in [3.05, 3.63) is 23.2 Å². The Bertz CT molecular complexity index is 571. The van der Waals surface area contributed by atoms with Crippen LogP contribution in [0.1, 0.15) is 24.1 Å². The number of aromatic nitrogens is 2. The zero-order chi connectivity index (χ0) is 12.9. The van der Waals surface area contributed by atoms with Crippen molar-refractivity contribution >= 4 is 29.3 Å². The highest BCUT2D eigenvalue weighted by Gasteiger charge is 2.41. The molecule has 2 aliphatic rings. The minimum absolute atomic E-state index is 0.0225. The highest BCUT2D eigenvalue weighted by molar-refractivity contribution is 7.80. The van der Waals surface area contributed by atoms with E-state index in [0.717, 1.165) is 24.1 Å². The summed E-state index contributed by atoms with van der Waals surface area (Å²) in [6, 6.07) is 0.304. The summed E-state index contributed by atoms with van der Waals surface area (Å²) in [4.78, 5) is 13.9. The monoisotopic (exact) mass is 262 g/mol. The smallest absolute Gasteiger partial charge is 0.276 e. The Morgan fingerprint density at radius 3 is 2.83 bits per heavy atom. The summed E-state index contributed by atoms with van der Waals surface area (Å²) in [5, 5.41) is 7.77. The van der Waals surface area contributed by atoms with Gasteiger partial charge in [-0.3, -0.25) is 14.4 Å². The highest BCUT2D eigenvalue weighted by atomic mass is 32.1. The van der Waals surface area contributed by atoms with Gasteiger partial charge in [-0.15, -0.1) is 0 Å². The number of nitrogens with zero attached hydrogens (tertiary/aromatic N) is 3. The summed E-state index contributed by atoms with van der Waals surface area (Å²) in [7, 11) is 1.86. The van der Waals surface area contributed by atoms with E-state index in [1.807, 2.05) is 26.2 Å². The van der Waals surface area contributed by atoms with Gasteiger partial charge >= 0.3 is 0 Å². The number of hydrogen-bond acceptors (Lipinski definition) is 3. The molecule has 1 aliphatic carbocycles. The molecule has 2 fully saturated rings. The molecule has 1 amide bonds. The Morgan fingerprint density at radius 2 is 2.28 bits per heavy atom. The SMILES string of the molecule is Cc1nn(C)cc1/C=C1\NC(=S)N(C2CC2)C1=O. The lowest BCUT2D eigenvalue weighted by atomic mass is 10.2. The predicted octanol–water partition coefficient (Wildman–Crippen LogP) is 0.949. The van der Waals surface area contributed by atoms with Crippen molar-refractivity contribution in [2.45, 2.75) is 25.8 Å². The second-order valence-electron chi connectivity index (χ2n) is 4.74. The van der Waals surface area contributed by atoms with Gasteiger partial charge in [0, 0.05) is 24.8 Å². The van der Waals surface area contributed by atoms with Crippen LogP contribution in [0, 0.1) is 6.92 Å². The van der Waals surface area contributed by atoms with Crippen molar-refractivity contribution in [2.75, 3.05) is 0 Å². The molecule has 0 bridgehead atoms. The Kier molecular flexibility index (Phi) is 2.48. The summed E-state index contributed by atoms with van der Waals surface area (Å²) < 4.78 is 1.73. The van der Waals surface area contributed by atoms with Crippen molar-refractivity contribution in [3.63, 3.8) is 0 Å². The highest BCUT2D eigenvalue weighted by Crippen LogP contribution is 2.30. The second-order valence-corrected chi connectivity index (χ2v) is 5.12. The van der Waals surface area contributed by atoms with Crippen LogP contribution in [0.25, 0.3) is 6.08 Å². The molecular formula is C12H14N4OS. The van der Waals surface area contributed by atoms with E-state index in [2.05, 4.69) is 10.4 Å². The molecule has 18 heavy (non-hydrogen) atoms. The minimum atomic E-state index is -0.0225. The van der Waals surface area contributed by atoms with E-state index in [1.54, 1.807) is 9.58 Å². The van der Waals surface area contributed by atoms with Crippen molar-refractivity contribution in [1.82, 2.24) is 20.0 Å². The Labute approximate surface area is 110 Å². The van der Waals surface area contributed by atoms with E-state index in [4.69, 9.17) is 12.2 Å². The van der Waals surface area contributed by atoms with E-state index in [1.165, 1.54) is 0 Å². The molecule has 1 aromatic rings. The van der Waals surface area contributed by atoms with E-state index < -0.39 is 0 Å². The topological polar surface area (TPSA) is 50.2 Å². The normalized spacial score (nSPS) is 21.9. The standard InChI is InChI=1S/C12H14N4OS/c1-7-8(6-15(2)14-7)5-10-11(17)16(9-3-4-9)12(18)13-10/h5-6,9H,3-4H2,1-2H3,(H,13,18)/b10-5-. The fraction of sp³-hybridized carbons (Fsp3) is 0.417. The van der Waals surface area contributed by atoms with Crippen LogP contribution in [0.15, 0.2) is 11.9 Å². The second kappa shape index (κ2) is 3.91. The summed E-state index contributed by atoms with van der Waals surface area (Å²) >= 11 is 5.20. The third-order valence-electron chi connectivity index (χ3n) is 3.17. The van der Waals surface area contributed by atoms with E-state index >= 15 is 0 Å². The van der Waals surface area contributed by atoms with Crippen LogP contribution in [0.4, 0.5) is 0 Å². The Hall–Kier alpha value is -1.69. The van der Waals surface area contributed by atoms with Crippen LogP contribution >= 0.6 is 12.2 Å². The van der Waals surface area contributed by atoms with E-state index in [9.17, 15) is 4.79 Å². The molecule has 0 spiro atoms. The van der Waals surface area contributed by atoms with Crippen molar-refractivity contribution in [1.29, 1.82) is 0 Å². The third kappa shape index (κ3) is 1.82. The van der Waals surface area contributed by atoms with Gasteiger partial charge in [0.2, 0.25) is 0 Å². The molecule has 3 rings (SSSR count). The van der Waals surface area contributed by atoms with Gasteiger partial charge in [0.15, 0.2) is 5.11 Å². The molecule has 0 unspecified atom stereocenters. The molecule has 0 aromatic carbocycles. The fourth-order valence-corrected chi connectivity index (χ4v) is 2.47. The average Bonchev–Trinajstić information content (AvgIpc) is 3.00. The zero-order valence-electron chi connectivity index (χ0n) is 10.3. The molecule has 2 heterocycles. The first-order chi connectivity index (χ1) is 8.56. The molecule has 1 saturated carbocycles. The molecule has 0 radical (unpaired) electrons. The van der Waals surface area contributed by atoms with Crippen LogP contribution in [-0.2, 0) is 11.8 Å². The number of aryl methyl sites for hydroxylation is 2. The first-order valence-corrected chi connectivity index (χ1v) is 6.33. The zero-order valence-corrected chi connectivity index (χ0v) is 11.1. The lowest BCUT2D eigenvalue weighted by Crippen LogP contribution is -2.32. The maximum Gasteiger partial charge on any atom is 0.276 e. The van der Waals surface area contributed by atoms with Gasteiger partial charge in [-0.25, -0.2) is 0 Å². The number of carbonyl (C=O) groups excluding carboxylic acids is 1. The minimum Gasteiger partial charge on any atom is -0.328 e. The lowest BCUT2D eigenvalue weighted by molar-refractivity contribution is -0.122. The summed E-state index contributed by atoms with van der Waals surface area (Å²) in [6.07, 6.45) is 5.80. The van der Waals surface area contributed by atoms with Crippen LogP contribution in [0.5, 0.6) is 0 Å². The van der Waals surface area contributed by atoms with Gasteiger partial charge in [-0.2, -0.15) is 5.10 Å². The first kappa shape index (κ1) is 11.4. The number of rotatable bonds is 2. The summed E-state index contributed by atoms with van der Waals surface area (Å²) in [6.45, 7) is 1.92. The number of thiocarbonyl (C=S) groups is 1. The molecule has 1 aliphatic heterocycles. The van der Waals surface area contributed by atoms with Gasteiger partial charge in [-0.1, -0.05) is 0 Å². The lowest BCUT2D eigenvalue weighted by Gasteiger charge is -2.11. The molecule has 1 N–H and O–H groups in total. The molecule has 5 nitrogen and oxygen atoms in total. The Morgan fingerprint density at radius 1 is 1.56 bits per heavy atom. The van der Waals surface area contributed by atoms with Crippen molar-refractivity contribution in [2.24, 2.45) is 7.05 Å². The maximum atomic E-state index is 12.2. The van der Waals surface area contributed by atoms with Crippen LogP contribution in [0.2, 0.25) is 0 Å². The first-order valence-electron chi connectivity index (χ1n) is 5.93. The maximum absolute atomic E-state index is 12.2. The van der Waals surface area contributed by atoms with Crippen molar-refractivity contribution in [3.8, 4) is 0 Å². The molecular weight excluding hydrogens is 248 g/mol. The number of nitrogens with one attached hydrogen (secondary N) is 1. The largest absolute Gasteiger partial charge is 0.328 e. The molecule has 1 saturated heterocycles. The van der Waals surface area contributed by atoms with Gasteiger partial charge in [0.05, 0.1) is 5.69 Å². The van der Waals surface area contributed by atoms with Crippen LogP contribution < -0.4 is 5.32 Å². The molecule has 0 atom stereocenters. The average molecular weight is 262 g/mol. The van der Waals surface area contributed by atoms with E-state index in [-0.39, 0.29) is 5.91 Å². The van der Waals surface area contributed by atoms with Gasteiger partial charge in [0.25, 0.3) is 5.91 Å². The van der Waals surface area contributed by atoms with Gasteiger partial charge in [-0.05, 0) is 38.1 Å². The molecule has 6 heteroatoms. The van der Waals surface area contributed by atoms with Crippen LogP contribution in [-0.4, -0.2) is 31.7 Å². The van der Waals surface area contributed by atoms with Crippen molar-refractivity contribution < 1.29 is 4.79 Å². The van der Waals surface area contributed by atoms with E-state index in [0.29, 0.717) is 16.9 Å².